The monoisotopic (exact) mass is 485 g/mol. The van der Waals surface area contributed by atoms with Crippen molar-refractivity contribution in [2.75, 3.05) is 26.6 Å². The summed E-state index contributed by atoms with van der Waals surface area (Å²) in [5.74, 6) is 0.528. The standard InChI is InChI=1S/C28H27N3O5/c1-34-20-14-19(15-21(16-20)35-2)29-28(33)26(13-18-9-5-4-6-10-18)30-25-17-24(31-36-3)22-11-7-8-12-23(22)27(25)32/h4-12,14-17,26,30H,13H2,1-3H3,(H,29,33)/t26-/m1/s1. The molecule has 4 rings (SSSR count). The largest absolute Gasteiger partial charge is 0.497 e. The van der Waals surface area contributed by atoms with Crippen LogP contribution in [0.5, 0.6) is 11.5 Å². The summed E-state index contributed by atoms with van der Waals surface area (Å²) in [5, 5.41) is 10.1. The average molecular weight is 486 g/mol. The van der Waals surface area contributed by atoms with Gasteiger partial charge in [0, 0.05) is 41.4 Å². The second kappa shape index (κ2) is 11.2. The summed E-state index contributed by atoms with van der Waals surface area (Å²) >= 11 is 0. The van der Waals surface area contributed by atoms with Crippen LogP contribution in [0.15, 0.2) is 89.7 Å². The van der Waals surface area contributed by atoms with Gasteiger partial charge in [-0.05, 0) is 11.6 Å². The molecule has 0 aliphatic heterocycles. The molecule has 1 amide bonds. The molecule has 8 heteroatoms. The molecule has 1 aliphatic rings. The Bertz CT molecular complexity index is 1300. The van der Waals surface area contributed by atoms with Crippen LogP contribution >= 0.6 is 0 Å². The zero-order chi connectivity index (χ0) is 25.5. The Balaban J connectivity index is 1.66. The third-order valence-corrected chi connectivity index (χ3v) is 5.71. The maximum Gasteiger partial charge on any atom is 0.247 e. The number of amides is 1. The normalized spacial score (nSPS) is 14.4. The van der Waals surface area contributed by atoms with E-state index in [1.807, 2.05) is 42.5 Å². The van der Waals surface area contributed by atoms with Gasteiger partial charge in [0.25, 0.3) is 0 Å². The lowest BCUT2D eigenvalue weighted by Gasteiger charge is -2.24. The number of oxime groups is 1. The first-order valence-corrected chi connectivity index (χ1v) is 11.3. The Hall–Kier alpha value is -4.59. The lowest BCUT2D eigenvalue weighted by molar-refractivity contribution is -0.117. The minimum absolute atomic E-state index is 0.227. The first-order valence-electron chi connectivity index (χ1n) is 11.3. The third kappa shape index (κ3) is 5.55. The zero-order valence-electron chi connectivity index (χ0n) is 20.3. The van der Waals surface area contributed by atoms with Crippen molar-refractivity contribution in [2.24, 2.45) is 5.16 Å². The number of carbonyl (C=O) groups excluding carboxylic acids is 2. The van der Waals surface area contributed by atoms with Gasteiger partial charge < -0.3 is 24.9 Å². The number of ether oxygens (including phenoxy) is 2. The summed E-state index contributed by atoms with van der Waals surface area (Å²) in [4.78, 5) is 31.8. The summed E-state index contributed by atoms with van der Waals surface area (Å²) in [6.45, 7) is 0. The molecule has 1 atom stereocenters. The molecule has 0 saturated carbocycles. The molecule has 0 radical (unpaired) electrons. The van der Waals surface area contributed by atoms with Gasteiger partial charge in [-0.1, -0.05) is 59.8 Å². The number of hydrogen-bond donors (Lipinski definition) is 2. The van der Waals surface area contributed by atoms with Gasteiger partial charge in [-0.25, -0.2) is 0 Å². The second-order valence-corrected chi connectivity index (χ2v) is 8.07. The van der Waals surface area contributed by atoms with Crippen LogP contribution in [0.1, 0.15) is 21.5 Å². The van der Waals surface area contributed by atoms with Crippen LogP contribution in [0, 0.1) is 0 Å². The maximum atomic E-state index is 13.5. The zero-order valence-corrected chi connectivity index (χ0v) is 20.3. The molecule has 0 spiro atoms. The van der Waals surface area contributed by atoms with E-state index in [1.54, 1.807) is 36.4 Å². The minimum Gasteiger partial charge on any atom is -0.497 e. The highest BCUT2D eigenvalue weighted by Gasteiger charge is 2.28. The number of nitrogens with zero attached hydrogens (tertiary/aromatic N) is 1. The number of fused-ring (bicyclic) bond motifs is 1. The first-order chi connectivity index (χ1) is 17.5. The number of methoxy groups -OCH3 is 2. The van der Waals surface area contributed by atoms with Crippen molar-refractivity contribution in [3.63, 3.8) is 0 Å². The number of Topliss-reactive ketones (excluding diaryl/α,β-unsaturated/α-hetero) is 1. The molecule has 0 saturated heterocycles. The molecule has 0 heterocycles. The molecule has 3 aromatic rings. The van der Waals surface area contributed by atoms with Gasteiger partial charge in [0.1, 0.15) is 30.4 Å². The molecular formula is C28H27N3O5. The predicted molar refractivity (Wildman–Crippen MR) is 138 cm³/mol. The number of benzene rings is 3. The minimum atomic E-state index is -0.770. The van der Waals surface area contributed by atoms with Crippen LogP contribution < -0.4 is 20.1 Å². The van der Waals surface area contributed by atoms with Gasteiger partial charge in [-0.15, -0.1) is 0 Å². The van der Waals surface area contributed by atoms with Gasteiger partial charge in [-0.3, -0.25) is 9.59 Å². The number of rotatable bonds is 9. The van der Waals surface area contributed by atoms with Gasteiger partial charge in [-0.2, -0.15) is 0 Å². The molecular weight excluding hydrogens is 458 g/mol. The highest BCUT2D eigenvalue weighted by molar-refractivity contribution is 6.26. The van der Waals surface area contributed by atoms with E-state index in [9.17, 15) is 9.59 Å². The number of hydrogen-bond acceptors (Lipinski definition) is 7. The molecule has 0 bridgehead atoms. The van der Waals surface area contributed by atoms with Crippen LogP contribution in [0.3, 0.4) is 0 Å². The fourth-order valence-corrected chi connectivity index (χ4v) is 3.97. The van der Waals surface area contributed by atoms with Crippen molar-refractivity contribution >= 4 is 23.1 Å². The summed E-state index contributed by atoms with van der Waals surface area (Å²) in [6.07, 6.45) is 1.95. The Morgan fingerprint density at radius 2 is 1.53 bits per heavy atom. The van der Waals surface area contributed by atoms with E-state index < -0.39 is 6.04 Å². The number of allylic oxidation sites excluding steroid dienone is 2. The van der Waals surface area contributed by atoms with Gasteiger partial charge in [0.2, 0.25) is 11.7 Å². The average Bonchev–Trinajstić information content (AvgIpc) is 2.91. The number of ketones is 1. The van der Waals surface area contributed by atoms with Crippen LogP contribution in [0.4, 0.5) is 5.69 Å². The molecule has 36 heavy (non-hydrogen) atoms. The Labute approximate surface area is 209 Å². The van der Waals surface area contributed by atoms with Crippen molar-refractivity contribution in [2.45, 2.75) is 12.5 Å². The van der Waals surface area contributed by atoms with Crippen LogP contribution in [0.2, 0.25) is 0 Å². The quantitative estimate of drug-likeness (QED) is 0.445. The van der Waals surface area contributed by atoms with Crippen LogP contribution in [0.25, 0.3) is 0 Å². The molecule has 2 N–H and O–H groups in total. The number of anilines is 1. The maximum absolute atomic E-state index is 13.5. The summed E-state index contributed by atoms with van der Waals surface area (Å²) in [6, 6.07) is 21.1. The smallest absolute Gasteiger partial charge is 0.247 e. The number of nitrogens with one attached hydrogen (secondary N) is 2. The lowest BCUT2D eigenvalue weighted by atomic mass is 9.91. The van der Waals surface area contributed by atoms with E-state index in [2.05, 4.69) is 15.8 Å². The molecule has 0 fully saturated rings. The van der Waals surface area contributed by atoms with Gasteiger partial charge >= 0.3 is 0 Å². The van der Waals surface area contributed by atoms with Crippen molar-refractivity contribution < 1.29 is 23.9 Å². The van der Waals surface area contributed by atoms with Crippen LogP contribution in [-0.2, 0) is 16.1 Å². The van der Waals surface area contributed by atoms with Crippen molar-refractivity contribution in [3.05, 3.63) is 101 Å². The summed E-state index contributed by atoms with van der Waals surface area (Å²) in [7, 11) is 4.53. The second-order valence-electron chi connectivity index (χ2n) is 8.07. The molecule has 1 aliphatic carbocycles. The molecule has 8 nitrogen and oxygen atoms in total. The van der Waals surface area contributed by atoms with Gasteiger partial charge in [0.05, 0.1) is 19.9 Å². The lowest BCUT2D eigenvalue weighted by Crippen LogP contribution is -2.44. The SMILES string of the molecule is CON=C1C=C(N[C@H](Cc2ccccc2)C(=O)Nc2cc(OC)cc(OC)c2)C(=O)c2ccccc21. The van der Waals surface area contributed by atoms with E-state index in [0.717, 1.165) is 5.56 Å². The van der Waals surface area contributed by atoms with Gasteiger partial charge in [0.15, 0.2) is 0 Å². The predicted octanol–water partition coefficient (Wildman–Crippen LogP) is 3.97. The first kappa shape index (κ1) is 24.5. The fourth-order valence-electron chi connectivity index (χ4n) is 3.97. The highest BCUT2D eigenvalue weighted by Crippen LogP contribution is 2.26. The van der Waals surface area contributed by atoms with Crippen molar-refractivity contribution in [1.29, 1.82) is 0 Å². The van der Waals surface area contributed by atoms with E-state index >= 15 is 0 Å². The van der Waals surface area contributed by atoms with E-state index in [-0.39, 0.29) is 17.4 Å². The van der Waals surface area contributed by atoms with Crippen molar-refractivity contribution in [1.82, 2.24) is 5.32 Å². The molecule has 184 valence electrons. The number of carbonyl (C=O) groups is 2. The van der Waals surface area contributed by atoms with Crippen molar-refractivity contribution in [3.8, 4) is 11.5 Å². The topological polar surface area (TPSA) is 98.2 Å². The fraction of sp³-hybridized carbons (Fsp3) is 0.179. The van der Waals surface area contributed by atoms with E-state index in [0.29, 0.717) is 40.4 Å². The molecule has 0 aromatic heterocycles. The summed E-state index contributed by atoms with van der Waals surface area (Å²) in [5.41, 5.74) is 3.34. The van der Waals surface area contributed by atoms with E-state index in [4.69, 9.17) is 14.3 Å². The Kier molecular flexibility index (Phi) is 7.65. The summed E-state index contributed by atoms with van der Waals surface area (Å²) < 4.78 is 10.6. The third-order valence-electron chi connectivity index (χ3n) is 5.71. The molecule has 0 unspecified atom stereocenters. The Morgan fingerprint density at radius 3 is 2.17 bits per heavy atom. The highest BCUT2D eigenvalue weighted by atomic mass is 16.6. The van der Waals surface area contributed by atoms with E-state index in [1.165, 1.54) is 21.3 Å². The molecule has 3 aromatic carbocycles. The Morgan fingerprint density at radius 1 is 0.889 bits per heavy atom. The van der Waals surface area contributed by atoms with Crippen LogP contribution in [-0.4, -0.2) is 44.8 Å².